The summed E-state index contributed by atoms with van der Waals surface area (Å²) < 4.78 is 13.7. The fraction of sp³-hybridized carbons (Fsp3) is 0.500. The summed E-state index contributed by atoms with van der Waals surface area (Å²) in [7, 11) is 0. The summed E-state index contributed by atoms with van der Waals surface area (Å²) in [5.74, 6) is 0.196. The van der Waals surface area contributed by atoms with Gasteiger partial charge in [-0.05, 0) is 55.5 Å². The Bertz CT molecular complexity index is 359. The van der Waals surface area contributed by atoms with Crippen LogP contribution in [0, 0.1) is 12.7 Å². The minimum absolute atomic E-state index is 0.192. The Hall–Kier alpha value is -1.09. The van der Waals surface area contributed by atoms with E-state index < -0.39 is 0 Å². The molecule has 82 valence electrons. The number of aromatic hydroxyl groups is 1. The lowest BCUT2D eigenvalue weighted by Crippen LogP contribution is -2.28. The van der Waals surface area contributed by atoms with Crippen LogP contribution in [0.15, 0.2) is 12.1 Å². The Kier molecular flexibility index (Phi) is 2.91. The number of piperidine rings is 1. The number of halogens is 1. The van der Waals surface area contributed by atoms with Crippen molar-refractivity contribution in [3.8, 4) is 5.75 Å². The Morgan fingerprint density at radius 3 is 2.93 bits per heavy atom. The lowest BCUT2D eigenvalue weighted by atomic mass is 9.90. The number of phenols is 1. The monoisotopic (exact) mass is 209 g/mol. The molecule has 0 spiro atoms. The highest BCUT2D eigenvalue weighted by Crippen LogP contribution is 2.30. The number of hydrogen-bond acceptors (Lipinski definition) is 2. The lowest BCUT2D eigenvalue weighted by molar-refractivity contribution is 0.436. The third-order valence-corrected chi connectivity index (χ3v) is 3.05. The molecule has 1 fully saturated rings. The van der Waals surface area contributed by atoms with E-state index in [4.69, 9.17) is 0 Å². The fourth-order valence-corrected chi connectivity index (χ4v) is 2.11. The molecular weight excluding hydrogens is 193 g/mol. The van der Waals surface area contributed by atoms with Gasteiger partial charge < -0.3 is 10.4 Å². The summed E-state index contributed by atoms with van der Waals surface area (Å²) in [6.07, 6.45) is 2.06. The first-order valence-electron chi connectivity index (χ1n) is 5.38. The standard InChI is InChI=1S/C12H16FNO/c1-8-5-11(13)10(6-12(8)15)9-3-2-4-14-7-9/h5-6,9,14-15H,2-4,7H2,1H3. The van der Waals surface area contributed by atoms with Gasteiger partial charge in [-0.3, -0.25) is 0 Å². The van der Waals surface area contributed by atoms with Crippen LogP contribution in [-0.4, -0.2) is 18.2 Å². The van der Waals surface area contributed by atoms with Gasteiger partial charge in [0.1, 0.15) is 11.6 Å². The molecule has 0 bridgehead atoms. The fourth-order valence-electron chi connectivity index (χ4n) is 2.11. The topological polar surface area (TPSA) is 32.3 Å². The van der Waals surface area contributed by atoms with Crippen molar-refractivity contribution in [2.45, 2.75) is 25.7 Å². The van der Waals surface area contributed by atoms with Crippen molar-refractivity contribution in [1.82, 2.24) is 5.32 Å². The molecule has 1 atom stereocenters. The molecule has 1 heterocycles. The van der Waals surface area contributed by atoms with Gasteiger partial charge in [-0.1, -0.05) is 0 Å². The van der Waals surface area contributed by atoms with Crippen LogP contribution in [0.1, 0.15) is 29.9 Å². The third-order valence-electron chi connectivity index (χ3n) is 3.05. The molecule has 2 N–H and O–H groups in total. The van der Waals surface area contributed by atoms with E-state index in [-0.39, 0.29) is 17.5 Å². The van der Waals surface area contributed by atoms with Crippen LogP contribution in [0.3, 0.4) is 0 Å². The second kappa shape index (κ2) is 4.19. The van der Waals surface area contributed by atoms with Gasteiger partial charge in [-0.25, -0.2) is 4.39 Å². The summed E-state index contributed by atoms with van der Waals surface area (Å²) in [6, 6.07) is 2.99. The minimum atomic E-state index is -0.195. The maximum atomic E-state index is 13.7. The van der Waals surface area contributed by atoms with Crippen molar-refractivity contribution in [2.24, 2.45) is 0 Å². The highest BCUT2D eigenvalue weighted by molar-refractivity contribution is 5.38. The second-order valence-electron chi connectivity index (χ2n) is 4.20. The molecule has 0 radical (unpaired) electrons. The predicted molar refractivity (Wildman–Crippen MR) is 57.6 cm³/mol. The molecule has 1 aromatic rings. The molecule has 2 nitrogen and oxygen atoms in total. The quantitative estimate of drug-likeness (QED) is 0.744. The zero-order valence-corrected chi connectivity index (χ0v) is 8.89. The Labute approximate surface area is 89.1 Å². The average molecular weight is 209 g/mol. The van der Waals surface area contributed by atoms with E-state index in [0.29, 0.717) is 11.1 Å². The first kappa shape index (κ1) is 10.4. The molecule has 2 rings (SSSR count). The van der Waals surface area contributed by atoms with Crippen LogP contribution in [0.4, 0.5) is 4.39 Å². The molecule has 0 aromatic heterocycles. The number of rotatable bonds is 1. The maximum Gasteiger partial charge on any atom is 0.127 e. The molecule has 0 saturated carbocycles. The van der Waals surface area contributed by atoms with E-state index >= 15 is 0 Å². The molecule has 1 unspecified atom stereocenters. The molecule has 0 amide bonds. The number of aryl methyl sites for hydroxylation is 1. The first-order valence-corrected chi connectivity index (χ1v) is 5.38. The lowest BCUT2D eigenvalue weighted by Gasteiger charge is -2.23. The summed E-state index contributed by atoms with van der Waals surface area (Å²) >= 11 is 0. The third kappa shape index (κ3) is 2.12. The zero-order valence-electron chi connectivity index (χ0n) is 8.89. The summed E-state index contributed by atoms with van der Waals surface area (Å²) in [5, 5.41) is 12.8. The number of phenolic OH excluding ortho intramolecular Hbond substituents is 1. The Morgan fingerprint density at radius 2 is 2.27 bits per heavy atom. The summed E-state index contributed by atoms with van der Waals surface area (Å²) in [5.41, 5.74) is 1.24. The van der Waals surface area contributed by atoms with Crippen molar-refractivity contribution in [2.75, 3.05) is 13.1 Å². The Morgan fingerprint density at radius 1 is 1.47 bits per heavy atom. The normalized spacial score (nSPS) is 21.6. The summed E-state index contributed by atoms with van der Waals surface area (Å²) in [4.78, 5) is 0. The van der Waals surface area contributed by atoms with Crippen molar-refractivity contribution >= 4 is 0 Å². The molecule has 15 heavy (non-hydrogen) atoms. The SMILES string of the molecule is Cc1cc(F)c(C2CCCNC2)cc1O. The van der Waals surface area contributed by atoms with Gasteiger partial charge in [0.2, 0.25) is 0 Å². The van der Waals surface area contributed by atoms with Gasteiger partial charge in [0, 0.05) is 6.54 Å². The molecule has 0 aliphatic carbocycles. The van der Waals surface area contributed by atoms with Crippen molar-refractivity contribution < 1.29 is 9.50 Å². The van der Waals surface area contributed by atoms with Crippen LogP contribution in [0.2, 0.25) is 0 Å². The summed E-state index contributed by atoms with van der Waals surface area (Å²) in [6.45, 7) is 3.52. The van der Waals surface area contributed by atoms with E-state index in [2.05, 4.69) is 5.32 Å². The van der Waals surface area contributed by atoms with Gasteiger partial charge in [-0.2, -0.15) is 0 Å². The molecular formula is C12H16FNO. The smallest absolute Gasteiger partial charge is 0.127 e. The first-order chi connectivity index (χ1) is 7.18. The van der Waals surface area contributed by atoms with E-state index in [1.807, 2.05) is 0 Å². The van der Waals surface area contributed by atoms with Crippen molar-refractivity contribution in [1.29, 1.82) is 0 Å². The van der Waals surface area contributed by atoms with Gasteiger partial charge in [-0.15, -0.1) is 0 Å². The van der Waals surface area contributed by atoms with Gasteiger partial charge in [0.05, 0.1) is 0 Å². The zero-order chi connectivity index (χ0) is 10.8. The van der Waals surface area contributed by atoms with E-state index in [1.165, 1.54) is 6.07 Å². The predicted octanol–water partition coefficient (Wildman–Crippen LogP) is 2.31. The second-order valence-corrected chi connectivity index (χ2v) is 4.20. The largest absolute Gasteiger partial charge is 0.508 e. The average Bonchev–Trinajstić information content (AvgIpc) is 2.25. The molecule has 1 aliphatic rings. The van der Waals surface area contributed by atoms with Crippen LogP contribution < -0.4 is 5.32 Å². The van der Waals surface area contributed by atoms with Crippen molar-refractivity contribution in [3.63, 3.8) is 0 Å². The van der Waals surface area contributed by atoms with Crippen molar-refractivity contribution in [3.05, 3.63) is 29.1 Å². The highest BCUT2D eigenvalue weighted by atomic mass is 19.1. The molecule has 1 saturated heterocycles. The number of hydrogen-bond donors (Lipinski definition) is 2. The maximum absolute atomic E-state index is 13.7. The molecule has 3 heteroatoms. The van der Waals surface area contributed by atoms with Crippen LogP contribution in [0.5, 0.6) is 5.75 Å². The van der Waals surface area contributed by atoms with E-state index in [9.17, 15) is 9.50 Å². The van der Waals surface area contributed by atoms with E-state index in [1.54, 1.807) is 13.0 Å². The Balaban J connectivity index is 2.30. The number of nitrogens with one attached hydrogen (secondary N) is 1. The molecule has 1 aliphatic heterocycles. The van der Waals surface area contributed by atoms with E-state index in [0.717, 1.165) is 25.9 Å². The van der Waals surface area contributed by atoms with Gasteiger partial charge in [0.25, 0.3) is 0 Å². The van der Waals surface area contributed by atoms with Crippen LogP contribution in [0.25, 0.3) is 0 Å². The van der Waals surface area contributed by atoms with Crippen LogP contribution >= 0.6 is 0 Å². The molecule has 1 aromatic carbocycles. The van der Waals surface area contributed by atoms with Crippen LogP contribution in [-0.2, 0) is 0 Å². The highest BCUT2D eigenvalue weighted by Gasteiger charge is 2.19. The number of benzene rings is 1. The van der Waals surface area contributed by atoms with Gasteiger partial charge >= 0.3 is 0 Å². The minimum Gasteiger partial charge on any atom is -0.508 e. The van der Waals surface area contributed by atoms with Gasteiger partial charge in [0.15, 0.2) is 0 Å².